The van der Waals surface area contributed by atoms with Crippen LogP contribution >= 0.6 is 0 Å². The van der Waals surface area contributed by atoms with Gasteiger partial charge in [0.2, 0.25) is 5.76 Å². The third kappa shape index (κ3) is 2.84. The molecule has 1 aromatic rings. The van der Waals surface area contributed by atoms with Gasteiger partial charge in [0, 0.05) is 18.5 Å². The Hall–Kier alpha value is -1.36. The average Bonchev–Trinajstić information content (AvgIpc) is 3.16. The molecule has 5 heteroatoms. The maximum atomic E-state index is 12.6. The van der Waals surface area contributed by atoms with Crippen LogP contribution in [0.15, 0.2) is 10.6 Å². The molecule has 1 saturated carbocycles. The fourth-order valence-corrected chi connectivity index (χ4v) is 3.33. The molecule has 1 aromatic heterocycles. The van der Waals surface area contributed by atoms with E-state index in [2.05, 4.69) is 19.0 Å². The van der Waals surface area contributed by atoms with Crippen LogP contribution in [0.1, 0.15) is 68.1 Å². The molecule has 1 atom stereocenters. The Balaban J connectivity index is 1.71. The first-order valence-electron chi connectivity index (χ1n) is 8.03. The van der Waals surface area contributed by atoms with E-state index in [9.17, 15) is 4.79 Å². The number of aromatic nitrogens is 1. The van der Waals surface area contributed by atoms with Crippen molar-refractivity contribution in [3.05, 3.63) is 17.5 Å². The van der Waals surface area contributed by atoms with E-state index in [1.165, 1.54) is 12.8 Å². The van der Waals surface area contributed by atoms with Gasteiger partial charge in [0.25, 0.3) is 5.91 Å². The minimum atomic E-state index is -0.104. The van der Waals surface area contributed by atoms with Crippen molar-refractivity contribution in [2.75, 3.05) is 19.7 Å². The summed E-state index contributed by atoms with van der Waals surface area (Å²) in [5.74, 6) is 0.633. The lowest BCUT2D eigenvalue weighted by Gasteiger charge is -2.40. The van der Waals surface area contributed by atoms with Gasteiger partial charge in [-0.15, -0.1) is 0 Å². The van der Waals surface area contributed by atoms with Crippen molar-refractivity contribution in [2.45, 2.75) is 57.5 Å². The summed E-state index contributed by atoms with van der Waals surface area (Å²) < 4.78 is 11.2. The molecule has 0 N–H and O–H groups in total. The third-order valence-corrected chi connectivity index (χ3v) is 4.91. The number of nitrogens with zero attached hydrogens (tertiary/aromatic N) is 2. The van der Waals surface area contributed by atoms with E-state index in [4.69, 9.17) is 9.26 Å². The summed E-state index contributed by atoms with van der Waals surface area (Å²) in [6.45, 7) is 6.14. The number of ether oxygens (including phenoxy) is 1. The Morgan fingerprint density at radius 2 is 2.24 bits per heavy atom. The van der Waals surface area contributed by atoms with Crippen molar-refractivity contribution in [1.82, 2.24) is 10.1 Å². The second-order valence-corrected chi connectivity index (χ2v) is 6.39. The summed E-state index contributed by atoms with van der Waals surface area (Å²) in [7, 11) is 0. The minimum Gasteiger partial charge on any atom is -0.371 e. The Bertz CT molecular complexity index is 505. The monoisotopic (exact) mass is 292 g/mol. The van der Waals surface area contributed by atoms with Gasteiger partial charge in [-0.25, -0.2) is 0 Å². The number of amides is 1. The van der Waals surface area contributed by atoms with Gasteiger partial charge in [-0.1, -0.05) is 31.8 Å². The highest BCUT2D eigenvalue weighted by Crippen LogP contribution is 2.36. The summed E-state index contributed by atoms with van der Waals surface area (Å²) in [5, 5.41) is 4.04. The van der Waals surface area contributed by atoms with Crippen molar-refractivity contribution in [3.63, 3.8) is 0 Å². The SMILES string of the molecule is CCC(C)c1cc(C(=O)N2CCOC3(CCCC3)C2)on1. The van der Waals surface area contributed by atoms with Crippen LogP contribution in [-0.2, 0) is 4.74 Å². The molecule has 116 valence electrons. The van der Waals surface area contributed by atoms with Crippen LogP contribution in [-0.4, -0.2) is 41.3 Å². The van der Waals surface area contributed by atoms with Gasteiger partial charge in [0.1, 0.15) is 0 Å². The van der Waals surface area contributed by atoms with Gasteiger partial charge in [-0.3, -0.25) is 4.79 Å². The number of hydrogen-bond donors (Lipinski definition) is 0. The zero-order valence-corrected chi connectivity index (χ0v) is 12.9. The molecule has 0 aromatic carbocycles. The van der Waals surface area contributed by atoms with Crippen LogP contribution in [0, 0.1) is 0 Å². The summed E-state index contributed by atoms with van der Waals surface area (Å²) in [5.41, 5.74) is 0.762. The highest BCUT2D eigenvalue weighted by molar-refractivity contribution is 5.91. The fourth-order valence-electron chi connectivity index (χ4n) is 3.33. The summed E-state index contributed by atoms with van der Waals surface area (Å²) in [6, 6.07) is 1.80. The van der Waals surface area contributed by atoms with E-state index in [0.717, 1.165) is 25.0 Å². The predicted octanol–water partition coefficient (Wildman–Crippen LogP) is 2.97. The van der Waals surface area contributed by atoms with Gasteiger partial charge in [-0.05, 0) is 19.3 Å². The second-order valence-electron chi connectivity index (χ2n) is 6.39. The molecule has 2 fully saturated rings. The summed E-state index contributed by atoms with van der Waals surface area (Å²) in [6.07, 6.45) is 5.50. The Kier molecular flexibility index (Phi) is 4.02. The van der Waals surface area contributed by atoms with E-state index in [-0.39, 0.29) is 11.5 Å². The van der Waals surface area contributed by atoms with Crippen molar-refractivity contribution < 1.29 is 14.1 Å². The molecule has 1 amide bonds. The molecule has 2 aliphatic rings. The van der Waals surface area contributed by atoms with Crippen LogP contribution in [0.25, 0.3) is 0 Å². The molecule has 2 heterocycles. The van der Waals surface area contributed by atoms with Crippen molar-refractivity contribution in [1.29, 1.82) is 0 Å². The minimum absolute atomic E-state index is 0.0494. The van der Waals surface area contributed by atoms with E-state index in [1.54, 1.807) is 6.07 Å². The molecule has 0 radical (unpaired) electrons. The lowest BCUT2D eigenvalue weighted by molar-refractivity contribution is -0.0953. The van der Waals surface area contributed by atoms with E-state index < -0.39 is 0 Å². The molecule has 1 spiro atoms. The molecule has 1 unspecified atom stereocenters. The van der Waals surface area contributed by atoms with Crippen LogP contribution in [0.4, 0.5) is 0 Å². The van der Waals surface area contributed by atoms with Gasteiger partial charge in [0.15, 0.2) is 0 Å². The number of morpholine rings is 1. The summed E-state index contributed by atoms with van der Waals surface area (Å²) >= 11 is 0. The highest BCUT2D eigenvalue weighted by atomic mass is 16.5. The number of carbonyl (C=O) groups is 1. The average molecular weight is 292 g/mol. The smallest absolute Gasteiger partial charge is 0.292 e. The van der Waals surface area contributed by atoms with Gasteiger partial charge in [-0.2, -0.15) is 0 Å². The first-order chi connectivity index (χ1) is 10.1. The van der Waals surface area contributed by atoms with E-state index in [1.807, 2.05) is 4.90 Å². The Morgan fingerprint density at radius 1 is 1.48 bits per heavy atom. The van der Waals surface area contributed by atoms with Crippen molar-refractivity contribution in [3.8, 4) is 0 Å². The maximum Gasteiger partial charge on any atom is 0.292 e. The molecular weight excluding hydrogens is 268 g/mol. The second kappa shape index (κ2) is 5.79. The van der Waals surface area contributed by atoms with Crippen LogP contribution < -0.4 is 0 Å². The molecule has 0 bridgehead atoms. The van der Waals surface area contributed by atoms with Gasteiger partial charge in [0.05, 0.1) is 24.4 Å². The van der Waals surface area contributed by atoms with Crippen molar-refractivity contribution >= 4 is 5.91 Å². The molecule has 21 heavy (non-hydrogen) atoms. The molecule has 3 rings (SSSR count). The predicted molar refractivity (Wildman–Crippen MR) is 78.3 cm³/mol. The molecule has 1 aliphatic carbocycles. The highest BCUT2D eigenvalue weighted by Gasteiger charge is 2.41. The first kappa shape index (κ1) is 14.6. The van der Waals surface area contributed by atoms with Gasteiger partial charge >= 0.3 is 0 Å². The third-order valence-electron chi connectivity index (χ3n) is 4.91. The topological polar surface area (TPSA) is 55.6 Å². The lowest BCUT2D eigenvalue weighted by atomic mass is 9.99. The lowest BCUT2D eigenvalue weighted by Crippen LogP contribution is -2.52. The standard InChI is InChI=1S/C16H24N2O3/c1-3-12(2)13-10-14(21-17-13)15(19)18-8-9-20-16(11-18)6-4-5-7-16/h10,12H,3-9,11H2,1-2H3. The van der Waals surface area contributed by atoms with Crippen LogP contribution in [0.5, 0.6) is 0 Å². The zero-order valence-electron chi connectivity index (χ0n) is 12.9. The Morgan fingerprint density at radius 3 is 2.95 bits per heavy atom. The number of carbonyl (C=O) groups excluding carboxylic acids is 1. The quantitative estimate of drug-likeness (QED) is 0.859. The maximum absolute atomic E-state index is 12.6. The number of rotatable bonds is 3. The zero-order chi connectivity index (χ0) is 14.9. The normalized spacial score (nSPS) is 22.7. The molecule has 1 aliphatic heterocycles. The molecule has 1 saturated heterocycles. The van der Waals surface area contributed by atoms with Crippen LogP contribution in [0.2, 0.25) is 0 Å². The fraction of sp³-hybridized carbons (Fsp3) is 0.750. The largest absolute Gasteiger partial charge is 0.371 e. The summed E-state index contributed by atoms with van der Waals surface area (Å²) in [4.78, 5) is 14.5. The van der Waals surface area contributed by atoms with Crippen molar-refractivity contribution in [2.24, 2.45) is 0 Å². The van der Waals surface area contributed by atoms with Crippen LogP contribution in [0.3, 0.4) is 0 Å². The Labute approximate surface area is 125 Å². The molecular formula is C16H24N2O3. The van der Waals surface area contributed by atoms with Gasteiger partial charge < -0.3 is 14.2 Å². The number of hydrogen-bond acceptors (Lipinski definition) is 4. The van der Waals surface area contributed by atoms with E-state index >= 15 is 0 Å². The molecule has 5 nitrogen and oxygen atoms in total. The van der Waals surface area contributed by atoms with E-state index in [0.29, 0.717) is 31.4 Å². The first-order valence-corrected chi connectivity index (χ1v) is 8.03.